The summed E-state index contributed by atoms with van der Waals surface area (Å²) in [6.07, 6.45) is 0.255. The lowest BCUT2D eigenvalue weighted by atomic mass is 9.95. The van der Waals surface area contributed by atoms with E-state index in [-0.39, 0.29) is 18.1 Å². The minimum atomic E-state index is -1.51. The Hall–Kier alpha value is -3.06. The van der Waals surface area contributed by atoms with Gasteiger partial charge in [0.25, 0.3) is 0 Å². The van der Waals surface area contributed by atoms with Gasteiger partial charge in [-0.1, -0.05) is 11.8 Å². The van der Waals surface area contributed by atoms with Gasteiger partial charge < -0.3 is 30.4 Å². The number of ether oxygens (including phenoxy) is 4. The van der Waals surface area contributed by atoms with Crippen LogP contribution in [0, 0.1) is 0 Å². The quantitative estimate of drug-likeness (QED) is 0.268. The van der Waals surface area contributed by atoms with Gasteiger partial charge in [0, 0.05) is 27.0 Å². The second kappa shape index (κ2) is 8.82. The number of esters is 3. The molecule has 1 unspecified atom stereocenters. The molecule has 0 spiro atoms. The van der Waals surface area contributed by atoms with E-state index < -0.39 is 41.9 Å². The van der Waals surface area contributed by atoms with Crippen LogP contribution in [0.4, 0.5) is 11.5 Å². The van der Waals surface area contributed by atoms with Gasteiger partial charge in [0.2, 0.25) is 0 Å². The Morgan fingerprint density at radius 1 is 1.19 bits per heavy atom. The van der Waals surface area contributed by atoms with Gasteiger partial charge in [0.1, 0.15) is 18.5 Å². The van der Waals surface area contributed by atoms with E-state index in [0.29, 0.717) is 16.2 Å². The van der Waals surface area contributed by atoms with Crippen LogP contribution in [-0.2, 0) is 33.3 Å². The fourth-order valence-electron chi connectivity index (χ4n) is 3.79. The van der Waals surface area contributed by atoms with Gasteiger partial charge in [-0.05, 0) is 13.2 Å². The number of hydrogen-bond acceptors (Lipinski definition) is 12. The number of nitrogens with zero attached hydrogens (tertiary/aromatic N) is 3. The molecule has 1 saturated heterocycles. The highest BCUT2D eigenvalue weighted by molar-refractivity contribution is 7.98. The van der Waals surface area contributed by atoms with Crippen LogP contribution in [0.25, 0.3) is 11.0 Å². The normalized spacial score (nSPS) is 25.0. The average molecular weight is 468 g/mol. The van der Waals surface area contributed by atoms with E-state index in [0.717, 1.165) is 0 Å². The molecule has 0 radical (unpaired) electrons. The average Bonchev–Trinajstić information content (AvgIpc) is 3.14. The van der Waals surface area contributed by atoms with Crippen molar-refractivity contribution in [2.45, 2.75) is 56.9 Å². The van der Waals surface area contributed by atoms with Crippen LogP contribution < -0.4 is 11.5 Å². The summed E-state index contributed by atoms with van der Waals surface area (Å²) in [6.45, 7) is 5.00. The summed E-state index contributed by atoms with van der Waals surface area (Å²) >= 11 is 1.28. The van der Waals surface area contributed by atoms with Gasteiger partial charge in [-0.25, -0.2) is 9.97 Å². The highest BCUT2D eigenvalue weighted by atomic mass is 32.2. The maximum atomic E-state index is 12.0. The molecule has 0 aromatic carbocycles. The third-order valence-corrected chi connectivity index (χ3v) is 5.50. The predicted octanol–water partition coefficient (Wildman–Crippen LogP) is 1.03. The number of nitrogens with two attached hydrogens (primary N) is 2. The standard InChI is InChI=1S/C19H25N5O7S/c1-8(25)28-7-12-14(29-9(2)26)19(4,31-10(3)27)17(30-12)24-6-11(20)13-15(21)22-18(32-5)23-16(13)24/h6,12,14,17H,7,20H2,1-5H3,(H2,21,22,23)/t12-,14-,17?,19-/m1/s1. The van der Waals surface area contributed by atoms with Gasteiger partial charge in [0.15, 0.2) is 28.7 Å². The highest BCUT2D eigenvalue weighted by Gasteiger charge is 2.60. The zero-order valence-corrected chi connectivity index (χ0v) is 19.1. The van der Waals surface area contributed by atoms with E-state index in [1.807, 2.05) is 0 Å². The number of anilines is 2. The van der Waals surface area contributed by atoms with Gasteiger partial charge in [-0.3, -0.25) is 19.0 Å². The summed E-state index contributed by atoms with van der Waals surface area (Å²) in [7, 11) is 0. The molecule has 0 saturated carbocycles. The molecular formula is C19H25N5O7S. The number of rotatable bonds is 6. The molecule has 32 heavy (non-hydrogen) atoms. The summed E-state index contributed by atoms with van der Waals surface area (Å²) in [6, 6.07) is 0. The summed E-state index contributed by atoms with van der Waals surface area (Å²) in [5.74, 6) is -1.63. The Kier molecular flexibility index (Phi) is 6.51. The minimum Gasteiger partial charge on any atom is -0.463 e. The molecule has 13 heteroatoms. The Labute approximate surface area is 187 Å². The molecule has 0 aliphatic carbocycles. The van der Waals surface area contributed by atoms with Crippen molar-refractivity contribution in [3.8, 4) is 0 Å². The highest BCUT2D eigenvalue weighted by Crippen LogP contribution is 2.45. The number of nitrogen functional groups attached to an aromatic ring is 2. The Balaban J connectivity index is 2.18. The molecule has 174 valence electrons. The minimum absolute atomic E-state index is 0.177. The Morgan fingerprint density at radius 2 is 1.88 bits per heavy atom. The predicted molar refractivity (Wildman–Crippen MR) is 114 cm³/mol. The fourth-order valence-corrected chi connectivity index (χ4v) is 4.16. The monoisotopic (exact) mass is 467 g/mol. The first-order chi connectivity index (χ1) is 15.0. The number of thioether (sulfide) groups is 1. The maximum Gasteiger partial charge on any atom is 0.303 e. The number of hydrogen-bond donors (Lipinski definition) is 2. The molecule has 12 nitrogen and oxygen atoms in total. The third-order valence-electron chi connectivity index (χ3n) is 4.95. The lowest BCUT2D eigenvalue weighted by Crippen LogP contribution is -2.50. The molecule has 3 rings (SSSR count). The molecule has 1 fully saturated rings. The second-order valence-electron chi connectivity index (χ2n) is 7.42. The third kappa shape index (κ3) is 4.30. The lowest BCUT2D eigenvalue weighted by Gasteiger charge is -2.34. The van der Waals surface area contributed by atoms with Crippen LogP contribution in [0.3, 0.4) is 0 Å². The summed E-state index contributed by atoms with van der Waals surface area (Å²) in [5.41, 5.74) is 11.4. The van der Waals surface area contributed by atoms with Crippen LogP contribution in [-0.4, -0.2) is 63.1 Å². The first kappa shape index (κ1) is 23.6. The van der Waals surface area contributed by atoms with Gasteiger partial charge in [0.05, 0.1) is 11.1 Å². The van der Waals surface area contributed by atoms with E-state index in [1.165, 1.54) is 38.7 Å². The molecule has 1 aliphatic heterocycles. The largest absolute Gasteiger partial charge is 0.463 e. The molecule has 1 aliphatic rings. The molecule has 2 aromatic rings. The van der Waals surface area contributed by atoms with Crippen molar-refractivity contribution in [1.29, 1.82) is 0 Å². The van der Waals surface area contributed by atoms with Crippen molar-refractivity contribution in [1.82, 2.24) is 14.5 Å². The van der Waals surface area contributed by atoms with Gasteiger partial charge >= 0.3 is 17.9 Å². The first-order valence-corrected chi connectivity index (χ1v) is 10.8. The van der Waals surface area contributed by atoms with E-state index in [2.05, 4.69) is 9.97 Å². The van der Waals surface area contributed by atoms with E-state index >= 15 is 0 Å². The first-order valence-electron chi connectivity index (χ1n) is 9.61. The SMILES string of the molecule is CSc1nc(N)c2c(N)cn(C3O[C@H](COC(C)=O)[C@@H](OC(C)=O)[C@@]3(C)OC(C)=O)c2n1. The molecule has 2 aromatic heterocycles. The number of fused-ring (bicyclic) bond motifs is 1. The number of aromatic nitrogens is 3. The summed E-state index contributed by atoms with van der Waals surface area (Å²) < 4.78 is 23.9. The van der Waals surface area contributed by atoms with E-state index in [1.54, 1.807) is 17.7 Å². The molecule has 0 bridgehead atoms. The van der Waals surface area contributed by atoms with Crippen LogP contribution in [0.1, 0.15) is 33.9 Å². The van der Waals surface area contributed by atoms with Crippen LogP contribution in [0.5, 0.6) is 0 Å². The Morgan fingerprint density at radius 3 is 2.44 bits per heavy atom. The maximum absolute atomic E-state index is 12.0. The van der Waals surface area contributed by atoms with Crippen molar-refractivity contribution >= 4 is 52.2 Å². The molecule has 4 atom stereocenters. The molecular weight excluding hydrogens is 442 g/mol. The number of carbonyl (C=O) groups is 3. The van der Waals surface area contributed by atoms with Gasteiger partial charge in [-0.15, -0.1) is 0 Å². The van der Waals surface area contributed by atoms with E-state index in [4.69, 9.17) is 30.4 Å². The molecule has 0 amide bonds. The van der Waals surface area contributed by atoms with Crippen molar-refractivity contribution in [3.05, 3.63) is 6.20 Å². The topological polar surface area (TPSA) is 171 Å². The zero-order valence-electron chi connectivity index (χ0n) is 18.3. The van der Waals surface area contributed by atoms with Crippen LogP contribution in [0.15, 0.2) is 11.4 Å². The summed E-state index contributed by atoms with van der Waals surface area (Å²) in [4.78, 5) is 44.0. The van der Waals surface area contributed by atoms with Crippen molar-refractivity contribution in [3.63, 3.8) is 0 Å². The molecule has 4 N–H and O–H groups in total. The molecule has 3 heterocycles. The summed E-state index contributed by atoms with van der Waals surface area (Å²) in [5, 5.41) is 0.804. The number of carbonyl (C=O) groups excluding carboxylic acids is 3. The van der Waals surface area contributed by atoms with Crippen molar-refractivity contribution in [2.24, 2.45) is 0 Å². The smallest absolute Gasteiger partial charge is 0.303 e. The lowest BCUT2D eigenvalue weighted by molar-refractivity contribution is -0.184. The fraction of sp³-hybridized carbons (Fsp3) is 0.526. The van der Waals surface area contributed by atoms with Crippen LogP contribution in [0.2, 0.25) is 0 Å². The van der Waals surface area contributed by atoms with Gasteiger partial charge in [-0.2, -0.15) is 0 Å². The van der Waals surface area contributed by atoms with E-state index in [9.17, 15) is 14.4 Å². The zero-order chi connectivity index (χ0) is 23.8. The van der Waals surface area contributed by atoms with Crippen molar-refractivity contribution < 1.29 is 33.3 Å². The van der Waals surface area contributed by atoms with Crippen LogP contribution >= 0.6 is 11.8 Å². The van der Waals surface area contributed by atoms with Crippen molar-refractivity contribution in [2.75, 3.05) is 24.3 Å². The second-order valence-corrected chi connectivity index (χ2v) is 8.20. The Bertz CT molecular complexity index is 1070.